The molecule has 0 saturated heterocycles. The lowest BCUT2D eigenvalue weighted by molar-refractivity contribution is -0.117. The summed E-state index contributed by atoms with van der Waals surface area (Å²) in [5.74, 6) is 1.84. The molecule has 1 saturated carbocycles. The van der Waals surface area contributed by atoms with Gasteiger partial charge in [-0.25, -0.2) is 0 Å². The third kappa shape index (κ3) is 1.68. The molecule has 0 heterocycles. The zero-order valence-electron chi connectivity index (χ0n) is 9.89. The number of allylic oxidation sites excluding steroid dienone is 2. The van der Waals surface area contributed by atoms with Crippen LogP contribution in [-0.4, -0.2) is 10.9 Å². The number of fused-ring (bicyclic) bond motifs is 1. The van der Waals surface area contributed by atoms with Gasteiger partial charge in [-0.15, -0.1) is 0 Å². The van der Waals surface area contributed by atoms with E-state index in [0.29, 0.717) is 17.6 Å². The fraction of sp³-hybridized carbons (Fsp3) is 0.400. The van der Waals surface area contributed by atoms with E-state index in [0.717, 1.165) is 18.4 Å². The molecule has 1 aromatic rings. The van der Waals surface area contributed by atoms with Crippen molar-refractivity contribution >= 4 is 11.4 Å². The number of phenols is 1. The average Bonchev–Trinajstić information content (AvgIpc) is 2.80. The number of aromatic hydroxyl groups is 1. The molecule has 0 aliphatic heterocycles. The minimum Gasteiger partial charge on any atom is -0.508 e. The molecule has 2 nitrogen and oxygen atoms in total. The first kappa shape index (κ1) is 10.6. The Morgan fingerprint density at radius 2 is 1.76 bits per heavy atom. The molecule has 88 valence electrons. The molecule has 1 N–H and O–H groups in total. The predicted molar refractivity (Wildman–Crippen MR) is 66.5 cm³/mol. The van der Waals surface area contributed by atoms with Crippen LogP contribution in [-0.2, 0) is 4.79 Å². The number of hydrogen-bond donors (Lipinski definition) is 1. The van der Waals surface area contributed by atoms with Crippen molar-refractivity contribution in [3.05, 3.63) is 35.9 Å². The minimum atomic E-state index is 0.216. The average molecular weight is 228 g/mol. The van der Waals surface area contributed by atoms with E-state index in [4.69, 9.17) is 0 Å². The summed E-state index contributed by atoms with van der Waals surface area (Å²) in [6.07, 6.45) is 3.96. The summed E-state index contributed by atoms with van der Waals surface area (Å²) in [7, 11) is 0. The van der Waals surface area contributed by atoms with Crippen molar-refractivity contribution in [2.24, 2.45) is 17.8 Å². The van der Waals surface area contributed by atoms with E-state index >= 15 is 0 Å². The lowest BCUT2D eigenvalue weighted by atomic mass is 9.90. The Morgan fingerprint density at radius 1 is 1.12 bits per heavy atom. The molecule has 0 radical (unpaired) electrons. The number of hydrogen-bond acceptors (Lipinski definition) is 2. The normalized spacial score (nSPS) is 31.5. The predicted octanol–water partition coefficient (Wildman–Crippen LogP) is 3.02. The van der Waals surface area contributed by atoms with Crippen molar-refractivity contribution in [3.8, 4) is 5.75 Å². The van der Waals surface area contributed by atoms with Crippen molar-refractivity contribution < 1.29 is 9.90 Å². The van der Waals surface area contributed by atoms with Crippen LogP contribution in [0.1, 0.15) is 25.3 Å². The molecule has 0 bridgehead atoms. The van der Waals surface area contributed by atoms with Gasteiger partial charge in [-0.1, -0.05) is 19.1 Å². The van der Waals surface area contributed by atoms with Gasteiger partial charge in [0.25, 0.3) is 0 Å². The number of ketones is 1. The highest BCUT2D eigenvalue weighted by Gasteiger charge is 2.42. The van der Waals surface area contributed by atoms with Crippen LogP contribution < -0.4 is 0 Å². The lowest BCUT2D eigenvalue weighted by Gasteiger charge is -2.13. The van der Waals surface area contributed by atoms with E-state index in [2.05, 4.69) is 6.92 Å². The van der Waals surface area contributed by atoms with Gasteiger partial charge in [-0.05, 0) is 54.0 Å². The van der Waals surface area contributed by atoms with Crippen molar-refractivity contribution in [3.63, 3.8) is 0 Å². The maximum Gasteiger partial charge on any atom is 0.159 e. The van der Waals surface area contributed by atoms with Gasteiger partial charge in [0.05, 0.1) is 0 Å². The van der Waals surface area contributed by atoms with Crippen molar-refractivity contribution in [1.82, 2.24) is 0 Å². The number of rotatable bonds is 1. The molecule has 2 heteroatoms. The van der Waals surface area contributed by atoms with Crippen LogP contribution in [0, 0.1) is 17.8 Å². The Hall–Kier alpha value is -1.57. The van der Waals surface area contributed by atoms with Crippen molar-refractivity contribution in [1.29, 1.82) is 0 Å². The Morgan fingerprint density at radius 3 is 2.47 bits per heavy atom. The molecule has 3 atom stereocenters. The summed E-state index contributed by atoms with van der Waals surface area (Å²) >= 11 is 0. The number of benzene rings is 1. The SMILES string of the molecule is C[C@H]1C[C@@H]2C(c3ccc(O)cc3)=CC(=O)[C@@H]2C1. The fourth-order valence-electron chi connectivity index (χ4n) is 3.27. The zero-order valence-corrected chi connectivity index (χ0v) is 9.89. The van der Waals surface area contributed by atoms with Crippen LogP contribution >= 0.6 is 0 Å². The molecule has 0 spiro atoms. The van der Waals surface area contributed by atoms with Gasteiger partial charge in [-0.3, -0.25) is 4.79 Å². The van der Waals surface area contributed by atoms with Gasteiger partial charge in [0.15, 0.2) is 5.78 Å². The maximum absolute atomic E-state index is 11.9. The molecule has 2 aliphatic carbocycles. The Bertz CT molecular complexity index is 484. The third-order valence-electron chi connectivity index (χ3n) is 4.06. The third-order valence-corrected chi connectivity index (χ3v) is 4.06. The quantitative estimate of drug-likeness (QED) is 0.802. The lowest BCUT2D eigenvalue weighted by Crippen LogP contribution is -2.09. The second kappa shape index (κ2) is 3.73. The van der Waals surface area contributed by atoms with Crippen LogP contribution in [0.4, 0.5) is 0 Å². The van der Waals surface area contributed by atoms with Crippen molar-refractivity contribution in [2.45, 2.75) is 19.8 Å². The molecule has 17 heavy (non-hydrogen) atoms. The van der Waals surface area contributed by atoms with Gasteiger partial charge in [0, 0.05) is 5.92 Å². The molecule has 1 fully saturated rings. The van der Waals surface area contributed by atoms with Crippen LogP contribution in [0.2, 0.25) is 0 Å². The number of phenolic OH excluding ortho intramolecular Hbond substituents is 1. The Kier molecular flexibility index (Phi) is 2.32. The van der Waals surface area contributed by atoms with Gasteiger partial charge in [0.1, 0.15) is 5.75 Å². The highest BCUT2D eigenvalue weighted by molar-refractivity contribution is 6.04. The van der Waals surface area contributed by atoms with Crippen LogP contribution in [0.25, 0.3) is 5.57 Å². The van der Waals surface area contributed by atoms with Gasteiger partial charge in [-0.2, -0.15) is 0 Å². The minimum absolute atomic E-state index is 0.216. The topological polar surface area (TPSA) is 37.3 Å². The molecule has 0 unspecified atom stereocenters. The second-order valence-corrected chi connectivity index (χ2v) is 5.34. The summed E-state index contributed by atoms with van der Waals surface area (Å²) in [4.78, 5) is 11.9. The molecular formula is C15H16O2. The zero-order chi connectivity index (χ0) is 12.0. The maximum atomic E-state index is 11.9. The van der Waals surface area contributed by atoms with E-state index in [1.165, 1.54) is 5.57 Å². The summed E-state index contributed by atoms with van der Waals surface area (Å²) in [6.45, 7) is 2.22. The van der Waals surface area contributed by atoms with Crippen molar-refractivity contribution in [2.75, 3.05) is 0 Å². The van der Waals surface area contributed by atoms with Gasteiger partial charge in [0.2, 0.25) is 0 Å². The van der Waals surface area contributed by atoms with E-state index < -0.39 is 0 Å². The first-order valence-electron chi connectivity index (χ1n) is 6.20. The first-order valence-corrected chi connectivity index (χ1v) is 6.20. The summed E-state index contributed by atoms with van der Waals surface area (Å²) in [5.41, 5.74) is 2.25. The highest BCUT2D eigenvalue weighted by atomic mass is 16.3. The summed E-state index contributed by atoms with van der Waals surface area (Å²) < 4.78 is 0. The Labute approximate surface area is 101 Å². The van der Waals surface area contributed by atoms with E-state index in [1.54, 1.807) is 12.1 Å². The molecule has 3 rings (SSSR count). The number of carbonyl (C=O) groups excluding carboxylic acids is 1. The summed E-state index contributed by atoms with van der Waals surface area (Å²) in [6, 6.07) is 7.18. The second-order valence-electron chi connectivity index (χ2n) is 5.34. The van der Waals surface area contributed by atoms with E-state index in [-0.39, 0.29) is 11.7 Å². The van der Waals surface area contributed by atoms with E-state index in [1.807, 2.05) is 18.2 Å². The van der Waals surface area contributed by atoms with Crippen LogP contribution in [0.3, 0.4) is 0 Å². The first-order chi connectivity index (χ1) is 8.15. The van der Waals surface area contributed by atoms with Gasteiger partial charge >= 0.3 is 0 Å². The van der Waals surface area contributed by atoms with Crippen LogP contribution in [0.15, 0.2) is 30.3 Å². The smallest absolute Gasteiger partial charge is 0.159 e. The molecular weight excluding hydrogens is 212 g/mol. The Balaban J connectivity index is 1.96. The number of carbonyl (C=O) groups is 1. The molecule has 1 aromatic carbocycles. The molecule has 0 aromatic heterocycles. The summed E-state index contributed by atoms with van der Waals surface area (Å²) in [5, 5.41) is 9.29. The standard InChI is InChI=1S/C15H16O2/c1-9-6-13-12(8-15(17)14(13)7-9)10-2-4-11(16)5-3-10/h2-5,8-9,13-14,16H,6-7H2,1H3/t9-,13+,14+/m0/s1. The molecule has 0 amide bonds. The molecule has 2 aliphatic rings. The van der Waals surface area contributed by atoms with Gasteiger partial charge < -0.3 is 5.11 Å². The highest BCUT2D eigenvalue weighted by Crippen LogP contribution is 2.48. The monoisotopic (exact) mass is 228 g/mol. The van der Waals surface area contributed by atoms with Crippen LogP contribution in [0.5, 0.6) is 5.75 Å². The largest absolute Gasteiger partial charge is 0.508 e. The fourth-order valence-corrected chi connectivity index (χ4v) is 3.27. The van der Waals surface area contributed by atoms with E-state index in [9.17, 15) is 9.90 Å².